The van der Waals surface area contributed by atoms with Gasteiger partial charge in [0.2, 0.25) is 5.91 Å². The van der Waals surface area contributed by atoms with E-state index in [1.54, 1.807) is 18.2 Å². The number of halogens is 1. The number of aliphatic hydroxyl groups is 1. The van der Waals surface area contributed by atoms with Crippen LogP contribution < -0.4 is 5.32 Å². The highest BCUT2D eigenvalue weighted by atomic mass is 19.1. The van der Waals surface area contributed by atoms with Crippen LogP contribution >= 0.6 is 0 Å². The van der Waals surface area contributed by atoms with Crippen molar-refractivity contribution >= 4 is 11.6 Å². The number of amides is 1. The first-order valence-corrected chi connectivity index (χ1v) is 7.06. The van der Waals surface area contributed by atoms with Gasteiger partial charge >= 0.3 is 0 Å². The van der Waals surface area contributed by atoms with Gasteiger partial charge in [0.05, 0.1) is 5.69 Å². The Balaban J connectivity index is 1.72. The standard InChI is InChI=1S/C15H21FN2O2/c16-13-3-1-2-4-14(13)17-15(20)7-10-18-8-5-12(11-19)6-9-18/h1-4,12,19H,5-11H2,(H,17,20). The third-order valence-corrected chi connectivity index (χ3v) is 3.77. The van der Waals surface area contributed by atoms with Crippen LogP contribution in [0.25, 0.3) is 0 Å². The largest absolute Gasteiger partial charge is 0.396 e. The molecule has 0 radical (unpaired) electrons. The van der Waals surface area contributed by atoms with Gasteiger partial charge in [-0.25, -0.2) is 4.39 Å². The van der Waals surface area contributed by atoms with Gasteiger partial charge in [0.25, 0.3) is 0 Å². The number of likely N-dealkylation sites (tertiary alicyclic amines) is 1. The summed E-state index contributed by atoms with van der Waals surface area (Å²) in [5.41, 5.74) is 0.233. The summed E-state index contributed by atoms with van der Waals surface area (Å²) in [6.07, 6.45) is 2.31. The maximum atomic E-state index is 13.4. The van der Waals surface area contributed by atoms with E-state index in [0.717, 1.165) is 25.9 Å². The van der Waals surface area contributed by atoms with Crippen LogP contribution in [-0.4, -0.2) is 42.2 Å². The number of benzene rings is 1. The summed E-state index contributed by atoms with van der Waals surface area (Å²) >= 11 is 0. The predicted octanol–water partition coefficient (Wildman–Crippen LogP) is 1.86. The number of nitrogens with zero attached hydrogens (tertiary/aromatic N) is 1. The van der Waals surface area contributed by atoms with E-state index in [4.69, 9.17) is 5.11 Å². The Hall–Kier alpha value is -1.46. The second kappa shape index (κ2) is 7.36. The van der Waals surface area contributed by atoms with Crippen LogP contribution in [0.2, 0.25) is 0 Å². The van der Waals surface area contributed by atoms with E-state index >= 15 is 0 Å². The molecule has 1 aromatic rings. The fourth-order valence-electron chi connectivity index (χ4n) is 2.43. The van der Waals surface area contributed by atoms with Gasteiger partial charge < -0.3 is 15.3 Å². The molecule has 0 aliphatic carbocycles. The minimum atomic E-state index is -0.412. The molecule has 20 heavy (non-hydrogen) atoms. The number of hydrogen-bond donors (Lipinski definition) is 2. The molecule has 1 saturated heterocycles. The second-order valence-electron chi connectivity index (χ2n) is 5.25. The maximum Gasteiger partial charge on any atom is 0.225 e. The normalized spacial score (nSPS) is 17.1. The van der Waals surface area contributed by atoms with Crippen LogP contribution in [0.3, 0.4) is 0 Å². The van der Waals surface area contributed by atoms with Crippen molar-refractivity contribution in [3.8, 4) is 0 Å². The summed E-state index contributed by atoms with van der Waals surface area (Å²) in [5, 5.41) is 11.7. The zero-order chi connectivity index (χ0) is 14.4. The van der Waals surface area contributed by atoms with Gasteiger partial charge in [0.15, 0.2) is 0 Å². The molecule has 1 heterocycles. The van der Waals surface area contributed by atoms with Crippen LogP contribution in [0.4, 0.5) is 10.1 Å². The number of carbonyl (C=O) groups excluding carboxylic acids is 1. The van der Waals surface area contributed by atoms with Crippen molar-refractivity contribution in [2.24, 2.45) is 5.92 Å². The Labute approximate surface area is 118 Å². The summed E-state index contributed by atoms with van der Waals surface area (Å²) < 4.78 is 13.4. The summed E-state index contributed by atoms with van der Waals surface area (Å²) in [4.78, 5) is 14.0. The SMILES string of the molecule is O=C(CCN1CCC(CO)CC1)Nc1ccccc1F. The molecule has 1 aliphatic heterocycles. The first-order valence-electron chi connectivity index (χ1n) is 7.06. The molecule has 0 aromatic heterocycles. The molecule has 1 fully saturated rings. The molecule has 0 spiro atoms. The van der Waals surface area contributed by atoms with Crippen molar-refractivity contribution in [1.29, 1.82) is 0 Å². The van der Waals surface area contributed by atoms with Crippen molar-refractivity contribution in [3.63, 3.8) is 0 Å². The van der Waals surface area contributed by atoms with E-state index < -0.39 is 5.82 Å². The fraction of sp³-hybridized carbons (Fsp3) is 0.533. The summed E-state index contributed by atoms with van der Waals surface area (Å²) in [5.74, 6) is -0.178. The molecule has 0 atom stereocenters. The summed E-state index contributed by atoms with van der Waals surface area (Å²) in [6, 6.07) is 6.17. The third-order valence-electron chi connectivity index (χ3n) is 3.77. The average Bonchev–Trinajstić information content (AvgIpc) is 2.48. The Bertz CT molecular complexity index is 445. The fourth-order valence-corrected chi connectivity index (χ4v) is 2.43. The van der Waals surface area contributed by atoms with E-state index in [1.165, 1.54) is 6.07 Å². The highest BCUT2D eigenvalue weighted by Gasteiger charge is 2.18. The number of carbonyl (C=O) groups is 1. The Kier molecular flexibility index (Phi) is 5.49. The zero-order valence-corrected chi connectivity index (χ0v) is 11.5. The van der Waals surface area contributed by atoms with Crippen LogP contribution in [0.1, 0.15) is 19.3 Å². The number of rotatable bonds is 5. The van der Waals surface area contributed by atoms with Gasteiger partial charge in [-0.3, -0.25) is 4.79 Å². The summed E-state index contributed by atoms with van der Waals surface area (Å²) in [6.45, 7) is 2.76. The Morgan fingerprint density at radius 2 is 2.05 bits per heavy atom. The molecular weight excluding hydrogens is 259 g/mol. The summed E-state index contributed by atoms with van der Waals surface area (Å²) in [7, 11) is 0. The molecule has 1 aliphatic rings. The molecule has 2 N–H and O–H groups in total. The number of piperidine rings is 1. The van der Waals surface area contributed by atoms with E-state index in [2.05, 4.69) is 10.2 Å². The molecule has 0 saturated carbocycles. The average molecular weight is 280 g/mol. The first-order chi connectivity index (χ1) is 9.69. The molecule has 0 unspecified atom stereocenters. The topological polar surface area (TPSA) is 52.6 Å². The van der Waals surface area contributed by atoms with E-state index in [1.807, 2.05) is 0 Å². The highest BCUT2D eigenvalue weighted by molar-refractivity contribution is 5.90. The molecule has 1 aromatic carbocycles. The van der Waals surface area contributed by atoms with Crippen LogP contribution in [0.5, 0.6) is 0 Å². The number of aliphatic hydroxyl groups excluding tert-OH is 1. The van der Waals surface area contributed by atoms with Crippen molar-refractivity contribution in [3.05, 3.63) is 30.1 Å². The lowest BCUT2D eigenvalue weighted by atomic mass is 9.98. The molecular formula is C15H21FN2O2. The molecule has 110 valence electrons. The minimum absolute atomic E-state index is 0.167. The zero-order valence-electron chi connectivity index (χ0n) is 11.5. The third kappa shape index (κ3) is 4.28. The van der Waals surface area contributed by atoms with Crippen LogP contribution in [0, 0.1) is 11.7 Å². The lowest BCUT2D eigenvalue weighted by Gasteiger charge is -2.30. The number of nitrogens with one attached hydrogen (secondary N) is 1. The van der Waals surface area contributed by atoms with Crippen molar-refractivity contribution in [1.82, 2.24) is 4.90 Å². The van der Waals surface area contributed by atoms with Crippen molar-refractivity contribution in [2.45, 2.75) is 19.3 Å². The molecule has 5 heteroatoms. The maximum absolute atomic E-state index is 13.4. The molecule has 2 rings (SSSR count). The molecule has 0 bridgehead atoms. The van der Waals surface area contributed by atoms with Crippen molar-refractivity contribution < 1.29 is 14.3 Å². The van der Waals surface area contributed by atoms with Gasteiger partial charge in [-0.1, -0.05) is 12.1 Å². The highest BCUT2D eigenvalue weighted by Crippen LogP contribution is 2.17. The van der Waals surface area contributed by atoms with Gasteiger partial charge in [-0.15, -0.1) is 0 Å². The smallest absolute Gasteiger partial charge is 0.225 e. The number of anilines is 1. The quantitative estimate of drug-likeness (QED) is 0.865. The number of para-hydroxylation sites is 1. The van der Waals surface area contributed by atoms with Crippen molar-refractivity contribution in [2.75, 3.05) is 31.6 Å². The van der Waals surface area contributed by atoms with Gasteiger partial charge in [-0.05, 0) is 44.0 Å². The molecule has 1 amide bonds. The Morgan fingerprint density at radius 3 is 2.70 bits per heavy atom. The number of hydrogen-bond acceptors (Lipinski definition) is 3. The van der Waals surface area contributed by atoms with Crippen LogP contribution in [0.15, 0.2) is 24.3 Å². The van der Waals surface area contributed by atoms with Gasteiger partial charge in [-0.2, -0.15) is 0 Å². The van der Waals surface area contributed by atoms with E-state index in [9.17, 15) is 9.18 Å². The first kappa shape index (κ1) is 14.9. The second-order valence-corrected chi connectivity index (χ2v) is 5.25. The van der Waals surface area contributed by atoms with Gasteiger partial charge in [0, 0.05) is 19.6 Å². The Morgan fingerprint density at radius 1 is 1.35 bits per heavy atom. The van der Waals surface area contributed by atoms with Gasteiger partial charge in [0.1, 0.15) is 5.82 Å². The van der Waals surface area contributed by atoms with E-state index in [-0.39, 0.29) is 18.2 Å². The lowest BCUT2D eigenvalue weighted by molar-refractivity contribution is -0.116. The minimum Gasteiger partial charge on any atom is -0.396 e. The lowest BCUT2D eigenvalue weighted by Crippen LogP contribution is -2.36. The monoisotopic (exact) mass is 280 g/mol. The molecule has 4 nitrogen and oxygen atoms in total. The predicted molar refractivity (Wildman–Crippen MR) is 75.9 cm³/mol. The van der Waals surface area contributed by atoms with Crippen LogP contribution in [-0.2, 0) is 4.79 Å². The van der Waals surface area contributed by atoms with E-state index in [0.29, 0.717) is 18.9 Å².